The molecule has 0 aliphatic carbocycles. The fraction of sp³-hybridized carbons (Fsp3) is 0.267. The van der Waals surface area contributed by atoms with E-state index in [1.165, 1.54) is 0 Å². The second kappa shape index (κ2) is 5.42. The number of nitrogens with zero attached hydrogens (tertiary/aromatic N) is 5. The monoisotopic (exact) mass is 312 g/mol. The van der Waals surface area contributed by atoms with Crippen molar-refractivity contribution in [3.05, 3.63) is 40.5 Å². The van der Waals surface area contributed by atoms with Crippen molar-refractivity contribution >= 4 is 23.6 Å². The van der Waals surface area contributed by atoms with Crippen LogP contribution >= 0.6 is 11.3 Å². The van der Waals surface area contributed by atoms with Gasteiger partial charge >= 0.3 is 0 Å². The third-order valence-electron chi connectivity index (χ3n) is 3.73. The smallest absolute Gasteiger partial charge is 0.169 e. The van der Waals surface area contributed by atoms with E-state index in [-0.39, 0.29) is 0 Å². The Morgan fingerprint density at radius 2 is 2.27 bits per heavy atom. The maximum absolute atomic E-state index is 4.79. The third-order valence-corrected chi connectivity index (χ3v) is 4.50. The highest BCUT2D eigenvalue weighted by Crippen LogP contribution is 2.20. The quantitative estimate of drug-likeness (QED) is 0.757. The maximum Gasteiger partial charge on any atom is 0.169 e. The SMILES string of the molecule is CCn1c(Cn2ccnc2-c2nccs2)nc2c1=CNCC=2. The van der Waals surface area contributed by atoms with Gasteiger partial charge in [-0.05, 0) is 13.0 Å². The molecule has 1 aliphatic rings. The minimum absolute atomic E-state index is 0.692. The Bertz CT molecular complexity index is 903. The summed E-state index contributed by atoms with van der Waals surface area (Å²) in [5.74, 6) is 1.93. The highest BCUT2D eigenvalue weighted by Gasteiger charge is 2.13. The van der Waals surface area contributed by atoms with Gasteiger partial charge in [-0.2, -0.15) is 0 Å². The lowest BCUT2D eigenvalue weighted by atomic mass is 10.4. The molecule has 4 rings (SSSR count). The van der Waals surface area contributed by atoms with Gasteiger partial charge in [0.1, 0.15) is 5.82 Å². The Morgan fingerprint density at radius 1 is 1.32 bits per heavy atom. The van der Waals surface area contributed by atoms with E-state index in [4.69, 9.17) is 4.98 Å². The van der Waals surface area contributed by atoms with E-state index in [1.54, 1.807) is 17.5 Å². The van der Waals surface area contributed by atoms with Crippen molar-refractivity contribution in [2.75, 3.05) is 6.54 Å². The van der Waals surface area contributed by atoms with Gasteiger partial charge in [-0.3, -0.25) is 0 Å². The predicted octanol–water partition coefficient (Wildman–Crippen LogP) is 0.393. The van der Waals surface area contributed by atoms with Crippen LogP contribution in [0.25, 0.3) is 23.1 Å². The lowest BCUT2D eigenvalue weighted by Crippen LogP contribution is -2.36. The minimum Gasteiger partial charge on any atom is -0.386 e. The summed E-state index contributed by atoms with van der Waals surface area (Å²) >= 11 is 1.60. The molecule has 0 fully saturated rings. The van der Waals surface area contributed by atoms with Crippen LogP contribution < -0.4 is 16.0 Å². The zero-order valence-electron chi connectivity index (χ0n) is 12.2. The van der Waals surface area contributed by atoms with E-state index in [2.05, 4.69) is 37.4 Å². The molecule has 0 bridgehead atoms. The van der Waals surface area contributed by atoms with Crippen LogP contribution in [0.5, 0.6) is 0 Å². The van der Waals surface area contributed by atoms with Crippen LogP contribution in [0.4, 0.5) is 0 Å². The first kappa shape index (κ1) is 13.3. The molecule has 112 valence electrons. The molecular weight excluding hydrogens is 296 g/mol. The Morgan fingerprint density at radius 3 is 3.09 bits per heavy atom. The van der Waals surface area contributed by atoms with Gasteiger partial charge in [-0.1, -0.05) is 0 Å². The summed E-state index contributed by atoms with van der Waals surface area (Å²) in [6.45, 7) is 4.56. The van der Waals surface area contributed by atoms with Gasteiger partial charge in [-0.25, -0.2) is 15.0 Å². The van der Waals surface area contributed by atoms with Gasteiger partial charge < -0.3 is 14.5 Å². The Kier molecular flexibility index (Phi) is 3.27. The molecule has 0 saturated heterocycles. The normalized spacial score (nSPS) is 13.1. The molecule has 1 aliphatic heterocycles. The van der Waals surface area contributed by atoms with Crippen molar-refractivity contribution < 1.29 is 0 Å². The number of nitrogens with one attached hydrogen (secondary N) is 1. The molecule has 0 radical (unpaired) electrons. The van der Waals surface area contributed by atoms with Crippen molar-refractivity contribution in [1.29, 1.82) is 0 Å². The average Bonchev–Trinajstić information content (AvgIpc) is 3.26. The van der Waals surface area contributed by atoms with Crippen LogP contribution in [0.3, 0.4) is 0 Å². The second-order valence-corrected chi connectivity index (χ2v) is 5.91. The summed E-state index contributed by atoms with van der Waals surface area (Å²) in [6.07, 6.45) is 9.78. The van der Waals surface area contributed by atoms with Crippen molar-refractivity contribution in [2.24, 2.45) is 0 Å². The van der Waals surface area contributed by atoms with Crippen LogP contribution in [0.15, 0.2) is 24.0 Å². The molecule has 6 nitrogen and oxygen atoms in total. The summed E-state index contributed by atoms with van der Waals surface area (Å²) in [6, 6.07) is 0. The Hall–Kier alpha value is -2.41. The Labute approximate surface area is 131 Å². The van der Waals surface area contributed by atoms with Crippen molar-refractivity contribution in [2.45, 2.75) is 20.0 Å². The first-order valence-electron chi connectivity index (χ1n) is 7.27. The van der Waals surface area contributed by atoms with E-state index < -0.39 is 0 Å². The topological polar surface area (TPSA) is 60.6 Å². The number of rotatable bonds is 4. The maximum atomic E-state index is 4.79. The molecule has 0 spiro atoms. The molecule has 3 aromatic rings. The number of thiazole rings is 1. The van der Waals surface area contributed by atoms with Crippen molar-refractivity contribution in [1.82, 2.24) is 29.4 Å². The Balaban J connectivity index is 1.77. The second-order valence-electron chi connectivity index (χ2n) is 5.02. The first-order valence-corrected chi connectivity index (χ1v) is 8.15. The van der Waals surface area contributed by atoms with E-state index in [9.17, 15) is 0 Å². The first-order chi connectivity index (χ1) is 10.9. The highest BCUT2D eigenvalue weighted by atomic mass is 32.1. The van der Waals surface area contributed by atoms with Crippen LogP contribution in [0, 0.1) is 0 Å². The standard InChI is InChI=1S/C15H16N6S/c1-2-21-12-9-16-4-3-11(12)19-13(21)10-20-7-5-17-14(20)15-18-6-8-22-15/h3,5-9,16H,2,4,10H2,1H3. The van der Waals surface area contributed by atoms with Crippen molar-refractivity contribution in [3.8, 4) is 10.8 Å². The molecule has 0 aromatic carbocycles. The number of imidazole rings is 2. The van der Waals surface area contributed by atoms with Gasteiger partial charge in [0.2, 0.25) is 0 Å². The summed E-state index contributed by atoms with van der Waals surface area (Å²) in [5, 5.41) is 8.37. The van der Waals surface area contributed by atoms with Crippen LogP contribution in [-0.4, -0.2) is 30.6 Å². The minimum atomic E-state index is 0.692. The van der Waals surface area contributed by atoms with Crippen LogP contribution in [-0.2, 0) is 13.1 Å². The molecule has 4 heterocycles. The van der Waals surface area contributed by atoms with E-state index in [0.717, 1.165) is 40.4 Å². The van der Waals surface area contributed by atoms with Gasteiger partial charge in [0.05, 0.1) is 17.2 Å². The number of hydrogen-bond acceptors (Lipinski definition) is 5. The van der Waals surface area contributed by atoms with Gasteiger partial charge in [-0.15, -0.1) is 11.3 Å². The van der Waals surface area contributed by atoms with Gasteiger partial charge in [0.25, 0.3) is 0 Å². The molecule has 0 unspecified atom stereocenters. The van der Waals surface area contributed by atoms with Crippen LogP contribution in [0.1, 0.15) is 12.7 Å². The number of hydrogen-bond donors (Lipinski definition) is 1. The van der Waals surface area contributed by atoms with Crippen molar-refractivity contribution in [3.63, 3.8) is 0 Å². The molecule has 22 heavy (non-hydrogen) atoms. The van der Waals surface area contributed by atoms with E-state index in [1.807, 2.05) is 24.0 Å². The number of fused-ring (bicyclic) bond motifs is 1. The zero-order valence-corrected chi connectivity index (χ0v) is 13.0. The molecule has 0 atom stereocenters. The average molecular weight is 312 g/mol. The summed E-state index contributed by atoms with van der Waals surface area (Å²) in [7, 11) is 0. The summed E-state index contributed by atoms with van der Waals surface area (Å²) in [5.41, 5.74) is 0. The molecule has 1 N–H and O–H groups in total. The fourth-order valence-electron chi connectivity index (χ4n) is 2.74. The molecule has 0 saturated carbocycles. The predicted molar refractivity (Wildman–Crippen MR) is 86.5 cm³/mol. The summed E-state index contributed by atoms with van der Waals surface area (Å²) in [4.78, 5) is 13.6. The largest absolute Gasteiger partial charge is 0.386 e. The van der Waals surface area contributed by atoms with Crippen LogP contribution in [0.2, 0.25) is 0 Å². The lowest BCUT2D eigenvalue weighted by Gasteiger charge is -2.08. The molecule has 7 heteroatoms. The fourth-order valence-corrected chi connectivity index (χ4v) is 3.39. The highest BCUT2D eigenvalue weighted by molar-refractivity contribution is 7.13. The lowest BCUT2D eigenvalue weighted by molar-refractivity contribution is 0.642. The van der Waals surface area contributed by atoms with E-state index >= 15 is 0 Å². The molecule has 0 amide bonds. The van der Waals surface area contributed by atoms with E-state index in [0.29, 0.717) is 6.54 Å². The number of aromatic nitrogens is 5. The van der Waals surface area contributed by atoms with Gasteiger partial charge in [0, 0.05) is 43.3 Å². The van der Waals surface area contributed by atoms with Gasteiger partial charge in [0.15, 0.2) is 10.8 Å². The zero-order chi connectivity index (χ0) is 14.9. The molecular formula is C15H16N6S. The third kappa shape index (κ3) is 2.14. The summed E-state index contributed by atoms with van der Waals surface area (Å²) < 4.78 is 4.34. The molecule has 3 aromatic heterocycles.